The Morgan fingerprint density at radius 1 is 1.17 bits per heavy atom. The molecule has 2 fully saturated rings. The monoisotopic (exact) mass is 312 g/mol. The van der Waals surface area contributed by atoms with E-state index in [1.54, 1.807) is 4.90 Å². The van der Waals surface area contributed by atoms with Gasteiger partial charge in [0.05, 0.1) is 0 Å². The molecule has 5 heteroatoms. The van der Waals surface area contributed by atoms with E-state index in [9.17, 15) is 14.7 Å². The van der Waals surface area contributed by atoms with Crippen molar-refractivity contribution in [3.63, 3.8) is 0 Å². The van der Waals surface area contributed by atoms with Crippen LogP contribution in [0.4, 0.5) is 0 Å². The number of para-hydroxylation sites is 1. The van der Waals surface area contributed by atoms with Gasteiger partial charge >= 0.3 is 5.97 Å². The number of benzene rings is 1. The topological polar surface area (TPSA) is 73.4 Å². The summed E-state index contributed by atoms with van der Waals surface area (Å²) in [6.07, 6.45) is 4.75. The Morgan fingerprint density at radius 3 is 2.74 bits per heavy atom. The Bertz CT molecular complexity index is 733. The zero-order chi connectivity index (χ0) is 16.0. The summed E-state index contributed by atoms with van der Waals surface area (Å²) in [7, 11) is 0. The first-order valence-corrected chi connectivity index (χ1v) is 8.28. The maximum absolute atomic E-state index is 13.0. The van der Waals surface area contributed by atoms with Crippen molar-refractivity contribution in [2.75, 3.05) is 0 Å². The fraction of sp³-hybridized carbons (Fsp3) is 0.444. The van der Waals surface area contributed by atoms with Crippen molar-refractivity contribution < 1.29 is 14.7 Å². The number of carboxylic acids is 1. The van der Waals surface area contributed by atoms with E-state index in [1.165, 1.54) is 0 Å². The third-order valence-electron chi connectivity index (χ3n) is 5.37. The zero-order valence-electron chi connectivity index (χ0n) is 12.9. The SMILES string of the molecule is O=C(O)C1CC2CCCCC2N1C(=O)c1cc2ccccc2[nH]1. The van der Waals surface area contributed by atoms with Gasteiger partial charge < -0.3 is 15.0 Å². The third-order valence-corrected chi connectivity index (χ3v) is 5.37. The number of nitrogens with one attached hydrogen (secondary N) is 1. The molecule has 3 unspecified atom stereocenters. The minimum absolute atomic E-state index is 0.0729. The average molecular weight is 312 g/mol. The van der Waals surface area contributed by atoms with Crippen LogP contribution in [0.2, 0.25) is 0 Å². The van der Waals surface area contributed by atoms with Crippen LogP contribution in [-0.2, 0) is 4.79 Å². The van der Waals surface area contributed by atoms with Gasteiger partial charge in [0.15, 0.2) is 0 Å². The van der Waals surface area contributed by atoms with Crippen LogP contribution >= 0.6 is 0 Å². The van der Waals surface area contributed by atoms with E-state index in [1.807, 2.05) is 30.3 Å². The molecular formula is C18H20N2O3. The molecule has 4 rings (SSSR count). The van der Waals surface area contributed by atoms with E-state index in [4.69, 9.17) is 0 Å². The number of hydrogen-bond acceptors (Lipinski definition) is 2. The van der Waals surface area contributed by atoms with E-state index < -0.39 is 12.0 Å². The van der Waals surface area contributed by atoms with Crippen molar-refractivity contribution in [3.05, 3.63) is 36.0 Å². The summed E-state index contributed by atoms with van der Waals surface area (Å²) in [5.41, 5.74) is 1.39. The van der Waals surface area contributed by atoms with Crippen LogP contribution in [0.15, 0.2) is 30.3 Å². The molecule has 1 aliphatic carbocycles. The van der Waals surface area contributed by atoms with Crippen LogP contribution in [0.5, 0.6) is 0 Å². The van der Waals surface area contributed by atoms with Gasteiger partial charge in [-0.25, -0.2) is 4.79 Å². The predicted molar refractivity (Wildman–Crippen MR) is 86.3 cm³/mol. The summed E-state index contributed by atoms with van der Waals surface area (Å²) < 4.78 is 0. The lowest BCUT2D eigenvalue weighted by Gasteiger charge is -2.32. The number of carbonyl (C=O) groups excluding carboxylic acids is 1. The van der Waals surface area contributed by atoms with Crippen molar-refractivity contribution in [3.8, 4) is 0 Å². The van der Waals surface area contributed by atoms with E-state index in [2.05, 4.69) is 4.98 Å². The Balaban J connectivity index is 1.70. The molecule has 0 radical (unpaired) electrons. The van der Waals surface area contributed by atoms with Gasteiger partial charge in [-0.3, -0.25) is 4.79 Å². The molecule has 2 heterocycles. The van der Waals surface area contributed by atoms with Gasteiger partial charge in [0.1, 0.15) is 11.7 Å². The van der Waals surface area contributed by atoms with Gasteiger partial charge in [-0.05, 0) is 37.3 Å². The van der Waals surface area contributed by atoms with Gasteiger partial charge in [-0.1, -0.05) is 31.0 Å². The van der Waals surface area contributed by atoms with Gasteiger partial charge in [-0.2, -0.15) is 0 Å². The first-order chi connectivity index (χ1) is 11.1. The number of carbonyl (C=O) groups is 2. The van der Waals surface area contributed by atoms with E-state index in [-0.39, 0.29) is 11.9 Å². The number of amides is 1. The predicted octanol–water partition coefficient (Wildman–Crippen LogP) is 3.03. The van der Waals surface area contributed by atoms with E-state index in [0.717, 1.165) is 36.6 Å². The molecule has 1 aliphatic heterocycles. The van der Waals surface area contributed by atoms with Crippen molar-refractivity contribution in [2.24, 2.45) is 5.92 Å². The summed E-state index contributed by atoms with van der Waals surface area (Å²) in [5, 5.41) is 10.5. The third kappa shape index (κ3) is 2.31. The number of hydrogen-bond donors (Lipinski definition) is 2. The van der Waals surface area contributed by atoms with Gasteiger partial charge in [0.25, 0.3) is 5.91 Å². The smallest absolute Gasteiger partial charge is 0.326 e. The second kappa shape index (κ2) is 5.41. The zero-order valence-corrected chi connectivity index (χ0v) is 12.9. The lowest BCUT2D eigenvalue weighted by atomic mass is 9.84. The highest BCUT2D eigenvalue weighted by Gasteiger charge is 2.47. The molecule has 23 heavy (non-hydrogen) atoms. The molecule has 1 saturated carbocycles. The highest BCUT2D eigenvalue weighted by molar-refractivity contribution is 6.00. The number of aromatic amines is 1. The number of fused-ring (bicyclic) bond motifs is 2. The number of nitrogens with zero attached hydrogens (tertiary/aromatic N) is 1. The second-order valence-electron chi connectivity index (χ2n) is 6.68. The maximum Gasteiger partial charge on any atom is 0.326 e. The quantitative estimate of drug-likeness (QED) is 0.895. The summed E-state index contributed by atoms with van der Waals surface area (Å²) in [6.45, 7) is 0. The fourth-order valence-electron chi connectivity index (χ4n) is 4.30. The van der Waals surface area contributed by atoms with Crippen molar-refractivity contribution in [1.82, 2.24) is 9.88 Å². The van der Waals surface area contributed by atoms with Crippen molar-refractivity contribution in [2.45, 2.75) is 44.2 Å². The minimum Gasteiger partial charge on any atom is -0.480 e. The Hall–Kier alpha value is -2.30. The average Bonchev–Trinajstić information content (AvgIpc) is 3.15. The summed E-state index contributed by atoms with van der Waals surface area (Å²) in [5.74, 6) is -0.731. The first kappa shape index (κ1) is 14.3. The lowest BCUT2D eigenvalue weighted by Crippen LogP contribution is -2.46. The largest absolute Gasteiger partial charge is 0.480 e. The van der Waals surface area contributed by atoms with Crippen molar-refractivity contribution >= 4 is 22.8 Å². The molecule has 0 spiro atoms. The number of aromatic nitrogens is 1. The van der Waals surface area contributed by atoms with Crippen LogP contribution in [0.3, 0.4) is 0 Å². The minimum atomic E-state index is -0.885. The maximum atomic E-state index is 13.0. The highest BCUT2D eigenvalue weighted by Crippen LogP contribution is 2.40. The van der Waals surface area contributed by atoms with Crippen LogP contribution in [0.1, 0.15) is 42.6 Å². The highest BCUT2D eigenvalue weighted by atomic mass is 16.4. The summed E-state index contributed by atoms with van der Waals surface area (Å²) in [6, 6.07) is 8.93. The normalized spacial score (nSPS) is 27.1. The molecule has 3 atom stereocenters. The first-order valence-electron chi connectivity index (χ1n) is 8.28. The molecule has 5 nitrogen and oxygen atoms in total. The van der Waals surface area contributed by atoms with E-state index >= 15 is 0 Å². The number of rotatable bonds is 2. The molecule has 2 aromatic rings. The molecule has 1 aromatic heterocycles. The second-order valence-corrected chi connectivity index (χ2v) is 6.68. The molecular weight excluding hydrogens is 292 g/mol. The molecule has 2 N–H and O–H groups in total. The van der Waals surface area contributed by atoms with Crippen LogP contribution in [0, 0.1) is 5.92 Å². The number of likely N-dealkylation sites (tertiary alicyclic amines) is 1. The van der Waals surface area contributed by atoms with E-state index in [0.29, 0.717) is 18.0 Å². The van der Waals surface area contributed by atoms with Crippen LogP contribution < -0.4 is 0 Å². The molecule has 2 aliphatic rings. The van der Waals surface area contributed by atoms with Gasteiger partial charge in [-0.15, -0.1) is 0 Å². The Morgan fingerprint density at radius 2 is 1.96 bits per heavy atom. The fourth-order valence-corrected chi connectivity index (χ4v) is 4.30. The summed E-state index contributed by atoms with van der Waals surface area (Å²) in [4.78, 5) is 29.5. The lowest BCUT2D eigenvalue weighted by molar-refractivity contribution is -0.141. The standard InChI is InChI=1S/C18H20N2O3/c21-17(14-9-11-5-1-3-7-13(11)19-14)20-15-8-4-2-6-12(15)10-16(20)18(22)23/h1,3,5,7,9,12,15-16,19H,2,4,6,8,10H2,(H,22,23). The molecule has 120 valence electrons. The number of H-pyrrole nitrogens is 1. The van der Waals surface area contributed by atoms with Crippen molar-refractivity contribution in [1.29, 1.82) is 0 Å². The van der Waals surface area contributed by atoms with Crippen LogP contribution in [-0.4, -0.2) is 39.0 Å². The Labute approximate surface area is 134 Å². The molecule has 1 aromatic carbocycles. The molecule has 1 saturated heterocycles. The Kier molecular flexibility index (Phi) is 3.36. The van der Waals surface area contributed by atoms with Gasteiger partial charge in [0.2, 0.25) is 0 Å². The molecule has 1 amide bonds. The molecule has 0 bridgehead atoms. The number of carboxylic acid groups (broad SMARTS) is 1. The number of aliphatic carboxylic acids is 1. The van der Waals surface area contributed by atoms with Gasteiger partial charge in [0, 0.05) is 16.9 Å². The summed E-state index contributed by atoms with van der Waals surface area (Å²) >= 11 is 0. The van der Waals surface area contributed by atoms with Crippen LogP contribution in [0.25, 0.3) is 10.9 Å².